The molecular weight excluding hydrogens is 382 g/mol. The van der Waals surface area contributed by atoms with Gasteiger partial charge in [-0.1, -0.05) is 43.4 Å². The lowest BCUT2D eigenvalue weighted by molar-refractivity contribution is -0.120. The molecule has 0 fully saturated rings. The smallest absolute Gasteiger partial charge is 0.263 e. The Labute approximate surface area is 162 Å². The molecule has 27 heavy (non-hydrogen) atoms. The summed E-state index contributed by atoms with van der Waals surface area (Å²) in [6, 6.07) is 13.5. The maximum Gasteiger partial charge on any atom is 0.263 e. The van der Waals surface area contributed by atoms with E-state index in [9.17, 15) is 13.2 Å². The molecule has 3 aromatic rings. The highest BCUT2D eigenvalue weighted by Crippen LogP contribution is 2.30. The molecule has 1 aromatic heterocycles. The lowest BCUT2D eigenvalue weighted by Crippen LogP contribution is -2.21. The number of thiazole rings is 1. The third-order valence-corrected chi connectivity index (χ3v) is 6.71. The summed E-state index contributed by atoms with van der Waals surface area (Å²) < 4.78 is 28.2. The van der Waals surface area contributed by atoms with Crippen molar-refractivity contribution in [1.82, 2.24) is 4.98 Å². The van der Waals surface area contributed by atoms with Crippen molar-refractivity contribution in [3.63, 3.8) is 0 Å². The van der Waals surface area contributed by atoms with E-state index in [1.807, 2.05) is 19.9 Å². The minimum absolute atomic E-state index is 0.00568. The highest BCUT2D eigenvalue weighted by Gasteiger charge is 2.17. The molecule has 0 saturated heterocycles. The third-order valence-electron chi connectivity index (χ3n) is 4.29. The van der Waals surface area contributed by atoms with Crippen molar-refractivity contribution in [2.24, 2.45) is 5.92 Å². The first-order valence-corrected chi connectivity index (χ1v) is 11.0. The number of sulfonamides is 1. The van der Waals surface area contributed by atoms with Crippen LogP contribution in [0.4, 0.5) is 10.8 Å². The van der Waals surface area contributed by atoms with Gasteiger partial charge >= 0.3 is 0 Å². The number of hydrogen-bond acceptors (Lipinski definition) is 5. The average molecular weight is 404 g/mol. The zero-order valence-electron chi connectivity index (χ0n) is 15.1. The minimum Gasteiger partial charge on any atom is -0.326 e. The molecule has 8 heteroatoms. The number of fused-ring (bicyclic) bond motifs is 1. The number of nitrogens with one attached hydrogen (secondary N) is 2. The summed E-state index contributed by atoms with van der Waals surface area (Å²) in [5, 5.41) is 3.21. The van der Waals surface area contributed by atoms with E-state index in [-0.39, 0.29) is 21.9 Å². The Bertz CT molecular complexity index is 1040. The van der Waals surface area contributed by atoms with Crippen LogP contribution in [0.1, 0.15) is 26.7 Å². The van der Waals surface area contributed by atoms with Crippen molar-refractivity contribution < 1.29 is 13.2 Å². The predicted octanol–water partition coefficient (Wildman–Crippen LogP) is 4.47. The maximum atomic E-state index is 12.4. The molecule has 6 nitrogen and oxygen atoms in total. The van der Waals surface area contributed by atoms with Gasteiger partial charge in [-0.05, 0) is 43.2 Å². The molecule has 0 spiro atoms. The monoisotopic (exact) mass is 403 g/mol. The van der Waals surface area contributed by atoms with Gasteiger partial charge in [-0.25, -0.2) is 13.4 Å². The number of carbonyl (C=O) groups excluding carboxylic acids is 1. The van der Waals surface area contributed by atoms with Gasteiger partial charge in [0.05, 0.1) is 15.1 Å². The van der Waals surface area contributed by atoms with Gasteiger partial charge in [0.2, 0.25) is 5.91 Å². The SMILES string of the molecule is CCC(CC)C(=O)Nc1ccc2nc(NS(=O)(=O)c3ccccc3)sc2c1. The first-order chi connectivity index (χ1) is 12.9. The van der Waals surface area contributed by atoms with Gasteiger partial charge in [0.1, 0.15) is 0 Å². The maximum absolute atomic E-state index is 12.4. The minimum atomic E-state index is -3.68. The molecule has 0 unspecified atom stereocenters. The molecule has 0 aliphatic carbocycles. The van der Waals surface area contributed by atoms with Crippen molar-refractivity contribution in [2.45, 2.75) is 31.6 Å². The van der Waals surface area contributed by atoms with E-state index in [2.05, 4.69) is 15.0 Å². The molecule has 0 atom stereocenters. The second-order valence-electron chi connectivity index (χ2n) is 6.12. The zero-order valence-corrected chi connectivity index (χ0v) is 16.7. The Kier molecular flexibility index (Phi) is 5.76. The number of rotatable bonds is 7. The summed E-state index contributed by atoms with van der Waals surface area (Å²) in [6.45, 7) is 3.98. The Hall–Kier alpha value is -2.45. The van der Waals surface area contributed by atoms with Crippen LogP contribution in [-0.4, -0.2) is 19.3 Å². The molecule has 2 N–H and O–H groups in total. The summed E-state index contributed by atoms with van der Waals surface area (Å²) in [6.07, 6.45) is 1.58. The van der Waals surface area contributed by atoms with Gasteiger partial charge in [0.25, 0.3) is 10.0 Å². The van der Waals surface area contributed by atoms with Crippen LogP contribution in [0.5, 0.6) is 0 Å². The van der Waals surface area contributed by atoms with Crippen molar-refractivity contribution >= 4 is 48.3 Å². The lowest BCUT2D eigenvalue weighted by atomic mass is 10.0. The Morgan fingerprint density at radius 2 is 1.81 bits per heavy atom. The molecule has 1 heterocycles. The lowest BCUT2D eigenvalue weighted by Gasteiger charge is -2.12. The molecule has 0 aliphatic rings. The van der Waals surface area contributed by atoms with Crippen LogP contribution in [-0.2, 0) is 14.8 Å². The van der Waals surface area contributed by atoms with Gasteiger partial charge in [0.15, 0.2) is 5.13 Å². The van der Waals surface area contributed by atoms with Crippen LogP contribution in [0.15, 0.2) is 53.4 Å². The van der Waals surface area contributed by atoms with Crippen LogP contribution in [0.25, 0.3) is 10.2 Å². The molecule has 3 rings (SSSR count). The van der Waals surface area contributed by atoms with E-state index in [0.717, 1.165) is 17.5 Å². The van der Waals surface area contributed by atoms with Crippen molar-refractivity contribution in [3.05, 3.63) is 48.5 Å². The number of aromatic nitrogens is 1. The standard InChI is InChI=1S/C19H21N3O3S2/c1-3-13(4-2)18(23)20-14-10-11-16-17(12-14)26-19(21-16)22-27(24,25)15-8-6-5-7-9-15/h5-13H,3-4H2,1-2H3,(H,20,23)(H,21,22). The Morgan fingerprint density at radius 3 is 2.48 bits per heavy atom. The van der Waals surface area contributed by atoms with E-state index < -0.39 is 10.0 Å². The molecule has 1 amide bonds. The second-order valence-corrected chi connectivity index (χ2v) is 8.84. The van der Waals surface area contributed by atoms with Gasteiger partial charge < -0.3 is 5.32 Å². The molecule has 0 bridgehead atoms. The number of amides is 1. The number of anilines is 2. The van der Waals surface area contributed by atoms with Gasteiger partial charge in [0, 0.05) is 11.6 Å². The fourth-order valence-electron chi connectivity index (χ4n) is 2.72. The summed E-state index contributed by atoms with van der Waals surface area (Å²) in [7, 11) is -3.68. The fraction of sp³-hybridized carbons (Fsp3) is 0.263. The van der Waals surface area contributed by atoms with E-state index >= 15 is 0 Å². The van der Waals surface area contributed by atoms with Crippen LogP contribution >= 0.6 is 11.3 Å². The van der Waals surface area contributed by atoms with Crippen LogP contribution in [0.3, 0.4) is 0 Å². The first-order valence-electron chi connectivity index (χ1n) is 8.72. The topological polar surface area (TPSA) is 88.2 Å². The number of carbonyl (C=O) groups is 1. The highest BCUT2D eigenvalue weighted by molar-refractivity contribution is 7.93. The highest BCUT2D eigenvalue weighted by atomic mass is 32.2. The van der Waals surface area contributed by atoms with Crippen LogP contribution < -0.4 is 10.0 Å². The summed E-state index contributed by atoms with van der Waals surface area (Å²) in [5.41, 5.74) is 1.35. The number of hydrogen-bond donors (Lipinski definition) is 2. The number of nitrogens with zero attached hydrogens (tertiary/aromatic N) is 1. The van der Waals surface area contributed by atoms with Gasteiger partial charge in [-0.3, -0.25) is 9.52 Å². The molecule has 0 aliphatic heterocycles. The largest absolute Gasteiger partial charge is 0.326 e. The quantitative estimate of drug-likeness (QED) is 0.609. The average Bonchev–Trinajstić information content (AvgIpc) is 3.04. The van der Waals surface area contributed by atoms with Crippen molar-refractivity contribution in [3.8, 4) is 0 Å². The van der Waals surface area contributed by atoms with Gasteiger partial charge in [-0.15, -0.1) is 0 Å². The second kappa shape index (κ2) is 8.06. The van der Waals surface area contributed by atoms with E-state index in [4.69, 9.17) is 0 Å². The van der Waals surface area contributed by atoms with E-state index in [0.29, 0.717) is 11.2 Å². The van der Waals surface area contributed by atoms with Gasteiger partial charge in [-0.2, -0.15) is 0 Å². The molecule has 142 valence electrons. The van der Waals surface area contributed by atoms with E-state index in [1.54, 1.807) is 30.3 Å². The summed E-state index contributed by atoms with van der Waals surface area (Å²) in [4.78, 5) is 16.8. The normalized spacial score (nSPS) is 11.7. The first kappa shape index (κ1) is 19.3. The number of benzene rings is 2. The molecule has 2 aromatic carbocycles. The summed E-state index contributed by atoms with van der Waals surface area (Å²) in [5.74, 6) is -0.0238. The Balaban J connectivity index is 1.81. The molecule has 0 saturated carbocycles. The zero-order chi connectivity index (χ0) is 19.4. The molecular formula is C19H21N3O3S2. The third kappa shape index (κ3) is 4.45. The van der Waals surface area contributed by atoms with Crippen molar-refractivity contribution in [1.29, 1.82) is 0 Å². The Morgan fingerprint density at radius 1 is 1.11 bits per heavy atom. The molecule has 0 radical (unpaired) electrons. The predicted molar refractivity (Wildman–Crippen MR) is 110 cm³/mol. The summed E-state index contributed by atoms with van der Waals surface area (Å²) >= 11 is 1.23. The van der Waals surface area contributed by atoms with E-state index in [1.165, 1.54) is 23.5 Å². The van der Waals surface area contributed by atoms with Crippen LogP contribution in [0, 0.1) is 5.92 Å². The fourth-order valence-corrected chi connectivity index (χ4v) is 4.88. The van der Waals surface area contributed by atoms with Crippen molar-refractivity contribution in [2.75, 3.05) is 10.0 Å². The van der Waals surface area contributed by atoms with Crippen LogP contribution in [0.2, 0.25) is 0 Å².